The number of carbonyl (C=O) groups is 4. The highest BCUT2D eigenvalue weighted by molar-refractivity contribution is 5.97. The van der Waals surface area contributed by atoms with Crippen molar-refractivity contribution in [2.24, 2.45) is 0 Å². The normalized spacial score (nSPS) is 13.5. The second-order valence-electron chi connectivity index (χ2n) is 5.73. The molecule has 0 fully saturated rings. The Bertz CT molecular complexity index is 923. The molecule has 0 heterocycles. The van der Waals surface area contributed by atoms with Crippen molar-refractivity contribution in [1.82, 2.24) is 0 Å². The zero-order chi connectivity index (χ0) is 21.0. The van der Waals surface area contributed by atoms with Crippen molar-refractivity contribution < 1.29 is 49.1 Å². The minimum Gasteiger partial charge on any atom is -0.496 e. The Morgan fingerprint density at radius 1 is 0.857 bits per heavy atom. The van der Waals surface area contributed by atoms with Gasteiger partial charge in [0, 0.05) is 16.7 Å². The first-order chi connectivity index (χ1) is 13.1. The minimum absolute atomic E-state index is 0.0111. The maximum Gasteiger partial charge on any atom is 0.339 e. The van der Waals surface area contributed by atoms with E-state index in [1.165, 1.54) is 7.11 Å². The summed E-state index contributed by atoms with van der Waals surface area (Å²) in [6.07, 6.45) is 1.17. The van der Waals surface area contributed by atoms with E-state index in [0.717, 1.165) is 18.2 Å². The first kappa shape index (κ1) is 20.5. The fourth-order valence-electron chi connectivity index (χ4n) is 2.67. The number of aliphatic carboxylic acids is 2. The fourth-order valence-corrected chi connectivity index (χ4v) is 2.67. The Morgan fingerprint density at radius 2 is 1.43 bits per heavy atom. The van der Waals surface area contributed by atoms with E-state index in [-0.39, 0.29) is 46.6 Å². The fraction of sp³-hybridized carbons (Fsp3) is 0.222. The topological polar surface area (TPSA) is 168 Å². The molecule has 0 spiro atoms. The van der Waals surface area contributed by atoms with Crippen LogP contribution in [0.15, 0.2) is 34.9 Å². The Balaban J connectivity index is 2.45. The van der Waals surface area contributed by atoms with Gasteiger partial charge in [-0.05, 0) is 31.1 Å². The summed E-state index contributed by atoms with van der Waals surface area (Å²) in [6.45, 7) is -0.454. The van der Waals surface area contributed by atoms with Gasteiger partial charge < -0.3 is 29.9 Å². The predicted octanol–water partition coefficient (Wildman–Crippen LogP) is 1.66. The number of hydrogen-bond donors (Lipinski definition) is 4. The van der Waals surface area contributed by atoms with E-state index in [0.29, 0.717) is 0 Å². The molecule has 2 rings (SSSR count). The molecule has 1 aliphatic carbocycles. The van der Waals surface area contributed by atoms with Crippen LogP contribution in [0.5, 0.6) is 11.5 Å². The zero-order valence-electron chi connectivity index (χ0n) is 14.6. The van der Waals surface area contributed by atoms with E-state index in [1.807, 2.05) is 0 Å². The summed E-state index contributed by atoms with van der Waals surface area (Å²) < 4.78 is 10.3. The largest absolute Gasteiger partial charge is 0.496 e. The molecule has 10 nitrogen and oxygen atoms in total. The number of benzene rings is 1. The quantitative estimate of drug-likeness (QED) is 0.510. The summed E-state index contributed by atoms with van der Waals surface area (Å²) in [6, 6.07) is 1.93. The SMILES string of the molecule is COc1cc(C(=O)O)c(OCC2=C(C(=O)O)CCC(C(=O)O)=C2)cc1C(=O)O. The highest BCUT2D eigenvalue weighted by Crippen LogP contribution is 2.31. The molecule has 0 aromatic heterocycles. The molecule has 0 bridgehead atoms. The Morgan fingerprint density at radius 3 is 1.93 bits per heavy atom. The lowest BCUT2D eigenvalue weighted by molar-refractivity contribution is -0.134. The van der Waals surface area contributed by atoms with Crippen molar-refractivity contribution in [2.45, 2.75) is 12.8 Å². The van der Waals surface area contributed by atoms with Gasteiger partial charge in [-0.2, -0.15) is 0 Å². The highest BCUT2D eigenvalue weighted by atomic mass is 16.5. The summed E-state index contributed by atoms with van der Waals surface area (Å²) in [7, 11) is 1.18. The standard InChI is InChI=1S/C18H16O10/c1-27-13-5-12(18(25)26)14(6-11(13)17(23)24)28-7-9-4-8(15(19)20)2-3-10(9)16(21)22/h4-6H,2-3,7H2,1H3,(H,19,20)(H,21,22)(H,23,24)(H,25,26). The van der Waals surface area contributed by atoms with Crippen molar-refractivity contribution >= 4 is 23.9 Å². The zero-order valence-corrected chi connectivity index (χ0v) is 14.6. The number of methoxy groups -OCH3 is 1. The maximum atomic E-state index is 11.5. The molecular weight excluding hydrogens is 376 g/mol. The van der Waals surface area contributed by atoms with Crippen molar-refractivity contribution in [3.63, 3.8) is 0 Å². The summed E-state index contributed by atoms with van der Waals surface area (Å²) >= 11 is 0. The Kier molecular flexibility index (Phi) is 6.04. The molecular formula is C18H16O10. The summed E-state index contributed by atoms with van der Waals surface area (Å²) in [5.41, 5.74) is -0.755. The first-order valence-corrected chi connectivity index (χ1v) is 7.86. The van der Waals surface area contributed by atoms with Gasteiger partial charge in [-0.25, -0.2) is 19.2 Å². The highest BCUT2D eigenvalue weighted by Gasteiger charge is 2.24. The van der Waals surface area contributed by atoms with E-state index in [2.05, 4.69) is 0 Å². The molecule has 1 aromatic rings. The van der Waals surface area contributed by atoms with Crippen LogP contribution in [0.1, 0.15) is 33.6 Å². The van der Waals surface area contributed by atoms with Crippen LogP contribution >= 0.6 is 0 Å². The summed E-state index contributed by atoms with van der Waals surface area (Å²) in [4.78, 5) is 45.3. The predicted molar refractivity (Wildman–Crippen MR) is 92.0 cm³/mol. The number of rotatable bonds is 8. The summed E-state index contributed by atoms with van der Waals surface area (Å²) in [5.74, 6) is -5.76. The van der Waals surface area contributed by atoms with Gasteiger partial charge in [0.1, 0.15) is 29.2 Å². The van der Waals surface area contributed by atoms with Gasteiger partial charge >= 0.3 is 23.9 Å². The second kappa shape index (κ2) is 8.25. The third-order valence-electron chi connectivity index (χ3n) is 4.06. The van der Waals surface area contributed by atoms with E-state index >= 15 is 0 Å². The smallest absolute Gasteiger partial charge is 0.339 e. The maximum absolute atomic E-state index is 11.5. The number of carboxylic acid groups (broad SMARTS) is 4. The number of carboxylic acids is 4. The number of aromatic carboxylic acids is 2. The van der Waals surface area contributed by atoms with Crippen LogP contribution < -0.4 is 9.47 Å². The van der Waals surface area contributed by atoms with Crippen molar-refractivity contribution in [2.75, 3.05) is 13.7 Å². The Hall–Kier alpha value is -3.82. The molecule has 0 saturated carbocycles. The lowest BCUT2D eigenvalue weighted by Gasteiger charge is -2.18. The van der Waals surface area contributed by atoms with E-state index in [1.54, 1.807) is 0 Å². The number of ether oxygens (including phenoxy) is 2. The van der Waals surface area contributed by atoms with Crippen LogP contribution in [-0.2, 0) is 9.59 Å². The molecule has 0 saturated heterocycles. The second-order valence-corrected chi connectivity index (χ2v) is 5.73. The monoisotopic (exact) mass is 392 g/mol. The van der Waals surface area contributed by atoms with Gasteiger partial charge in [0.25, 0.3) is 0 Å². The third-order valence-corrected chi connectivity index (χ3v) is 4.06. The molecule has 0 unspecified atom stereocenters. The Labute approximate surface area is 157 Å². The van der Waals surface area contributed by atoms with Gasteiger partial charge in [-0.1, -0.05) is 0 Å². The molecule has 0 aliphatic heterocycles. The third kappa shape index (κ3) is 4.29. The molecule has 1 aliphatic rings. The van der Waals surface area contributed by atoms with Crippen LogP contribution in [0.25, 0.3) is 0 Å². The van der Waals surface area contributed by atoms with Crippen LogP contribution in [0.2, 0.25) is 0 Å². The van der Waals surface area contributed by atoms with Crippen LogP contribution in [0, 0.1) is 0 Å². The minimum atomic E-state index is -1.41. The molecule has 1 aromatic carbocycles. The van der Waals surface area contributed by atoms with E-state index in [4.69, 9.17) is 14.6 Å². The van der Waals surface area contributed by atoms with E-state index < -0.39 is 36.0 Å². The molecule has 4 N–H and O–H groups in total. The van der Waals surface area contributed by atoms with Crippen molar-refractivity contribution in [3.8, 4) is 11.5 Å². The average molecular weight is 392 g/mol. The first-order valence-electron chi connectivity index (χ1n) is 7.86. The molecule has 148 valence electrons. The van der Waals surface area contributed by atoms with Crippen molar-refractivity contribution in [3.05, 3.63) is 46.1 Å². The van der Waals surface area contributed by atoms with Gasteiger partial charge in [0.2, 0.25) is 0 Å². The van der Waals surface area contributed by atoms with Crippen LogP contribution in [-0.4, -0.2) is 58.0 Å². The van der Waals surface area contributed by atoms with Gasteiger partial charge in [0.15, 0.2) is 0 Å². The molecule has 0 radical (unpaired) electrons. The average Bonchev–Trinajstić information content (AvgIpc) is 2.64. The van der Waals surface area contributed by atoms with Gasteiger partial charge in [-0.15, -0.1) is 0 Å². The lowest BCUT2D eigenvalue weighted by Crippen LogP contribution is -2.17. The van der Waals surface area contributed by atoms with Gasteiger partial charge in [-0.3, -0.25) is 0 Å². The van der Waals surface area contributed by atoms with Gasteiger partial charge in [0.05, 0.1) is 7.11 Å². The molecule has 0 amide bonds. The molecule has 28 heavy (non-hydrogen) atoms. The van der Waals surface area contributed by atoms with Crippen molar-refractivity contribution in [1.29, 1.82) is 0 Å². The van der Waals surface area contributed by atoms with Crippen LogP contribution in [0.3, 0.4) is 0 Å². The van der Waals surface area contributed by atoms with Crippen LogP contribution in [0.4, 0.5) is 0 Å². The summed E-state index contributed by atoms with van der Waals surface area (Å²) in [5, 5.41) is 36.9. The molecule has 0 atom stereocenters. The molecule has 10 heteroatoms. The lowest BCUT2D eigenvalue weighted by atomic mass is 9.92. The number of hydrogen-bond acceptors (Lipinski definition) is 6. The van der Waals surface area contributed by atoms with E-state index in [9.17, 15) is 34.5 Å².